The molecule has 0 fully saturated rings. The van der Waals surface area contributed by atoms with Gasteiger partial charge in [-0.2, -0.15) is 0 Å². The summed E-state index contributed by atoms with van der Waals surface area (Å²) in [6.45, 7) is 0. The van der Waals surface area contributed by atoms with Gasteiger partial charge in [-0.3, -0.25) is 0 Å². The van der Waals surface area contributed by atoms with E-state index in [2.05, 4.69) is 18.2 Å². The van der Waals surface area contributed by atoms with Crippen LogP contribution in [-0.4, -0.2) is 5.38 Å². The first-order chi connectivity index (χ1) is 8.77. The van der Waals surface area contributed by atoms with Gasteiger partial charge < -0.3 is 0 Å². The van der Waals surface area contributed by atoms with Crippen LogP contribution in [-0.2, 0) is 0 Å². The van der Waals surface area contributed by atoms with E-state index in [1.807, 2.05) is 0 Å². The number of hydrogen-bond acceptors (Lipinski definition) is 0. The highest BCUT2D eigenvalue weighted by Gasteiger charge is 2.22. The van der Waals surface area contributed by atoms with Gasteiger partial charge in [-0.15, -0.1) is 11.6 Å². The highest BCUT2D eigenvalue weighted by atomic mass is 35.5. The molecule has 102 valence electrons. The maximum atomic E-state index is 6.34. The second kappa shape index (κ2) is 7.60. The smallest absolute Gasteiger partial charge is 0.0689 e. The van der Waals surface area contributed by atoms with Crippen molar-refractivity contribution in [2.24, 2.45) is 11.8 Å². The van der Waals surface area contributed by atoms with Gasteiger partial charge in [0.1, 0.15) is 0 Å². The SMILES string of the molecule is ClC1=CC(C2C=CCCCCC2)CCCCC1Cl. The van der Waals surface area contributed by atoms with Gasteiger partial charge >= 0.3 is 0 Å². The minimum Gasteiger partial charge on any atom is -0.117 e. The van der Waals surface area contributed by atoms with Gasteiger partial charge in [0, 0.05) is 5.03 Å². The Labute approximate surface area is 121 Å². The van der Waals surface area contributed by atoms with Gasteiger partial charge in [0.05, 0.1) is 5.38 Å². The first-order valence-electron chi connectivity index (χ1n) is 7.45. The van der Waals surface area contributed by atoms with E-state index in [4.69, 9.17) is 23.2 Å². The molecule has 0 nitrogen and oxygen atoms in total. The number of allylic oxidation sites excluding steroid dienone is 4. The summed E-state index contributed by atoms with van der Waals surface area (Å²) in [5.74, 6) is 1.29. The van der Waals surface area contributed by atoms with Gasteiger partial charge in [-0.25, -0.2) is 0 Å². The quantitative estimate of drug-likeness (QED) is 0.407. The van der Waals surface area contributed by atoms with Crippen LogP contribution in [0, 0.1) is 11.8 Å². The first-order valence-corrected chi connectivity index (χ1v) is 8.27. The van der Waals surface area contributed by atoms with Crippen molar-refractivity contribution in [1.82, 2.24) is 0 Å². The number of halogens is 2. The molecule has 2 aliphatic carbocycles. The lowest BCUT2D eigenvalue weighted by molar-refractivity contribution is 0.379. The molecule has 0 aromatic carbocycles. The maximum absolute atomic E-state index is 6.34. The van der Waals surface area contributed by atoms with Gasteiger partial charge in [0.2, 0.25) is 0 Å². The Morgan fingerprint density at radius 1 is 0.889 bits per heavy atom. The van der Waals surface area contributed by atoms with Gasteiger partial charge in [-0.05, 0) is 43.9 Å². The zero-order valence-electron chi connectivity index (χ0n) is 11.1. The molecule has 0 bridgehead atoms. The molecule has 0 saturated heterocycles. The molecule has 0 amide bonds. The van der Waals surface area contributed by atoms with Crippen LogP contribution >= 0.6 is 23.2 Å². The highest BCUT2D eigenvalue weighted by Crippen LogP contribution is 2.34. The van der Waals surface area contributed by atoms with Crippen molar-refractivity contribution in [3.8, 4) is 0 Å². The molecule has 18 heavy (non-hydrogen) atoms. The Hall–Kier alpha value is 0.0600. The highest BCUT2D eigenvalue weighted by molar-refractivity contribution is 6.37. The van der Waals surface area contributed by atoms with Gasteiger partial charge in [-0.1, -0.05) is 55.5 Å². The molecule has 0 radical (unpaired) electrons. The fourth-order valence-corrected chi connectivity index (χ4v) is 3.61. The molecule has 2 rings (SSSR count). The zero-order chi connectivity index (χ0) is 12.8. The average Bonchev–Trinajstić information content (AvgIpc) is 2.30. The van der Waals surface area contributed by atoms with E-state index in [0.717, 1.165) is 11.5 Å². The Morgan fingerprint density at radius 3 is 2.50 bits per heavy atom. The lowest BCUT2D eigenvalue weighted by Crippen LogP contribution is -2.15. The van der Waals surface area contributed by atoms with E-state index < -0.39 is 0 Å². The summed E-state index contributed by atoms with van der Waals surface area (Å²) in [7, 11) is 0. The molecule has 3 atom stereocenters. The van der Waals surface area contributed by atoms with Crippen molar-refractivity contribution in [3.05, 3.63) is 23.3 Å². The molecule has 0 aromatic rings. The van der Waals surface area contributed by atoms with Crippen molar-refractivity contribution in [1.29, 1.82) is 0 Å². The fraction of sp³-hybridized carbons (Fsp3) is 0.750. The lowest BCUT2D eigenvalue weighted by Gasteiger charge is -2.26. The molecule has 0 aromatic heterocycles. The number of alkyl halides is 1. The van der Waals surface area contributed by atoms with Crippen LogP contribution in [0.5, 0.6) is 0 Å². The summed E-state index contributed by atoms with van der Waals surface area (Å²) < 4.78 is 0. The first kappa shape index (κ1) is 14.5. The molecule has 2 heteroatoms. The van der Waals surface area contributed by atoms with Crippen LogP contribution in [0.1, 0.15) is 57.8 Å². The molecule has 0 heterocycles. The monoisotopic (exact) mass is 286 g/mol. The normalized spacial score (nSPS) is 35.0. The van der Waals surface area contributed by atoms with Gasteiger partial charge in [0.25, 0.3) is 0 Å². The zero-order valence-corrected chi connectivity index (χ0v) is 12.6. The van der Waals surface area contributed by atoms with Crippen LogP contribution in [0.15, 0.2) is 23.3 Å². The summed E-state index contributed by atoms with van der Waals surface area (Å²) >= 11 is 12.6. The molecule has 0 aliphatic heterocycles. The predicted octanol–water partition coefficient (Wildman–Crippen LogP) is 6.04. The Bertz CT molecular complexity index is 306. The van der Waals surface area contributed by atoms with E-state index in [0.29, 0.717) is 11.8 Å². The van der Waals surface area contributed by atoms with E-state index in [-0.39, 0.29) is 5.38 Å². The fourth-order valence-electron chi connectivity index (χ4n) is 3.11. The van der Waals surface area contributed by atoms with E-state index in [1.54, 1.807) is 0 Å². The van der Waals surface area contributed by atoms with E-state index >= 15 is 0 Å². The lowest BCUT2D eigenvalue weighted by atomic mass is 9.81. The van der Waals surface area contributed by atoms with E-state index in [1.165, 1.54) is 51.4 Å². The predicted molar refractivity (Wildman–Crippen MR) is 81.3 cm³/mol. The van der Waals surface area contributed by atoms with Crippen molar-refractivity contribution in [2.45, 2.75) is 63.2 Å². The summed E-state index contributed by atoms with van der Waals surface area (Å²) in [4.78, 5) is 0. The largest absolute Gasteiger partial charge is 0.117 e. The summed E-state index contributed by atoms with van der Waals surface area (Å²) in [6, 6.07) is 0. The van der Waals surface area contributed by atoms with Crippen LogP contribution in [0.3, 0.4) is 0 Å². The molecular weight excluding hydrogens is 263 g/mol. The minimum absolute atomic E-state index is 0.0482. The third-order valence-electron chi connectivity index (χ3n) is 4.26. The number of hydrogen-bond donors (Lipinski definition) is 0. The molecule has 0 spiro atoms. The topological polar surface area (TPSA) is 0 Å². The standard InChI is InChI=1S/C16H24Cl2/c17-15-11-7-6-10-14(12-16(15)18)13-8-4-2-1-3-5-9-13/h4,8,12-15H,1-3,5-7,9-11H2. The van der Waals surface area contributed by atoms with E-state index in [9.17, 15) is 0 Å². The van der Waals surface area contributed by atoms with Crippen LogP contribution in [0.2, 0.25) is 0 Å². The molecule has 2 aliphatic rings. The van der Waals surface area contributed by atoms with Crippen molar-refractivity contribution < 1.29 is 0 Å². The van der Waals surface area contributed by atoms with Crippen molar-refractivity contribution in [3.63, 3.8) is 0 Å². The molecular formula is C16H24Cl2. The van der Waals surface area contributed by atoms with Crippen LogP contribution < -0.4 is 0 Å². The third-order valence-corrected chi connectivity index (χ3v) is 5.21. The Balaban J connectivity index is 2.07. The maximum Gasteiger partial charge on any atom is 0.0689 e. The summed E-state index contributed by atoms with van der Waals surface area (Å²) in [5, 5.41) is 0.934. The molecule has 0 N–H and O–H groups in total. The average molecular weight is 287 g/mol. The second-order valence-electron chi connectivity index (χ2n) is 5.70. The van der Waals surface area contributed by atoms with Crippen LogP contribution in [0.25, 0.3) is 0 Å². The molecule has 3 unspecified atom stereocenters. The van der Waals surface area contributed by atoms with Crippen LogP contribution in [0.4, 0.5) is 0 Å². The minimum atomic E-state index is 0.0482. The molecule has 0 saturated carbocycles. The third kappa shape index (κ3) is 4.31. The summed E-state index contributed by atoms with van der Waals surface area (Å²) in [5.41, 5.74) is 0. The Morgan fingerprint density at radius 2 is 1.61 bits per heavy atom. The second-order valence-corrected chi connectivity index (χ2v) is 6.66. The summed E-state index contributed by atoms with van der Waals surface area (Å²) in [6.07, 6.45) is 18.5. The van der Waals surface area contributed by atoms with Crippen molar-refractivity contribution in [2.75, 3.05) is 0 Å². The van der Waals surface area contributed by atoms with Gasteiger partial charge in [0.15, 0.2) is 0 Å². The Kier molecular flexibility index (Phi) is 6.11. The number of rotatable bonds is 1. The van der Waals surface area contributed by atoms with Crippen molar-refractivity contribution >= 4 is 23.2 Å².